The molecule has 6 nitrogen and oxygen atoms in total. The van der Waals surface area contributed by atoms with Gasteiger partial charge in [0.15, 0.2) is 0 Å². The van der Waals surface area contributed by atoms with E-state index in [1.54, 1.807) is 0 Å². The molecule has 2 N–H and O–H groups in total. The van der Waals surface area contributed by atoms with Gasteiger partial charge in [-0.05, 0) is 31.9 Å². The number of hydrogen-bond donors (Lipinski definition) is 2. The van der Waals surface area contributed by atoms with E-state index < -0.39 is 0 Å². The lowest BCUT2D eigenvalue weighted by atomic mass is 10.2. The Labute approximate surface area is 143 Å². The molecule has 1 aliphatic heterocycles. The van der Waals surface area contributed by atoms with Crippen LogP contribution >= 0.6 is 0 Å². The average Bonchev–Trinajstić information content (AvgIpc) is 3.39. The lowest BCUT2D eigenvalue weighted by molar-refractivity contribution is -0.124. The van der Waals surface area contributed by atoms with E-state index in [9.17, 15) is 9.59 Å². The minimum absolute atomic E-state index is 0.0149. The Bertz CT molecular complexity index is 566. The van der Waals surface area contributed by atoms with Crippen LogP contribution in [0.25, 0.3) is 0 Å². The predicted molar refractivity (Wildman–Crippen MR) is 93.7 cm³/mol. The molecule has 130 valence electrons. The lowest BCUT2D eigenvalue weighted by Gasteiger charge is -2.37. The maximum absolute atomic E-state index is 12.4. The van der Waals surface area contributed by atoms with Crippen molar-refractivity contribution in [3.8, 4) is 0 Å². The molecule has 0 radical (unpaired) electrons. The Kier molecular flexibility index (Phi) is 5.48. The maximum Gasteiger partial charge on any atom is 0.241 e. The van der Waals surface area contributed by atoms with Crippen LogP contribution in [-0.4, -0.2) is 66.4 Å². The first-order chi connectivity index (χ1) is 11.6. The zero-order valence-electron chi connectivity index (χ0n) is 14.2. The summed E-state index contributed by atoms with van der Waals surface area (Å²) in [5.74, 6) is 0.141. The third-order valence-electron chi connectivity index (χ3n) is 4.69. The van der Waals surface area contributed by atoms with E-state index in [-0.39, 0.29) is 17.9 Å². The van der Waals surface area contributed by atoms with Crippen molar-refractivity contribution in [2.75, 3.05) is 38.0 Å². The van der Waals surface area contributed by atoms with Crippen LogP contribution in [0, 0.1) is 0 Å². The Morgan fingerprint density at radius 2 is 1.79 bits per heavy atom. The quantitative estimate of drug-likeness (QED) is 0.814. The van der Waals surface area contributed by atoms with Crippen LogP contribution in [0.1, 0.15) is 19.8 Å². The number of amides is 2. The summed E-state index contributed by atoms with van der Waals surface area (Å²) in [4.78, 5) is 28.6. The summed E-state index contributed by atoms with van der Waals surface area (Å²) in [5.41, 5.74) is 0.824. The highest BCUT2D eigenvalue weighted by Gasteiger charge is 2.28. The summed E-state index contributed by atoms with van der Waals surface area (Å²) >= 11 is 0. The van der Waals surface area contributed by atoms with E-state index in [1.807, 2.05) is 37.3 Å². The van der Waals surface area contributed by atoms with Crippen LogP contribution in [0.2, 0.25) is 0 Å². The van der Waals surface area contributed by atoms with Gasteiger partial charge >= 0.3 is 0 Å². The molecule has 1 aromatic rings. The molecule has 24 heavy (non-hydrogen) atoms. The first-order valence-electron chi connectivity index (χ1n) is 8.73. The van der Waals surface area contributed by atoms with Crippen molar-refractivity contribution >= 4 is 17.5 Å². The highest BCUT2D eigenvalue weighted by atomic mass is 16.2. The van der Waals surface area contributed by atoms with E-state index in [4.69, 9.17) is 0 Å². The number of nitrogens with zero attached hydrogens (tertiary/aromatic N) is 2. The third kappa shape index (κ3) is 4.79. The number of hydrogen-bond acceptors (Lipinski definition) is 4. The molecule has 2 aliphatic rings. The molecule has 2 amide bonds. The molecule has 1 saturated carbocycles. The molecule has 0 unspecified atom stereocenters. The fourth-order valence-electron chi connectivity index (χ4n) is 2.95. The number of nitrogens with one attached hydrogen (secondary N) is 2. The summed E-state index contributed by atoms with van der Waals surface area (Å²) in [7, 11) is 0. The van der Waals surface area contributed by atoms with Crippen molar-refractivity contribution in [1.29, 1.82) is 0 Å². The van der Waals surface area contributed by atoms with E-state index >= 15 is 0 Å². The maximum atomic E-state index is 12.4. The van der Waals surface area contributed by atoms with Gasteiger partial charge in [-0.25, -0.2) is 0 Å². The second kappa shape index (κ2) is 7.77. The number of anilines is 1. The number of piperazine rings is 1. The van der Waals surface area contributed by atoms with Crippen molar-refractivity contribution in [3.63, 3.8) is 0 Å². The molecule has 2 fully saturated rings. The van der Waals surface area contributed by atoms with Gasteiger partial charge in [-0.1, -0.05) is 18.2 Å². The molecular weight excluding hydrogens is 304 g/mol. The van der Waals surface area contributed by atoms with Gasteiger partial charge in [-0.3, -0.25) is 19.4 Å². The van der Waals surface area contributed by atoms with Crippen LogP contribution in [-0.2, 0) is 9.59 Å². The molecule has 0 spiro atoms. The fourth-order valence-corrected chi connectivity index (χ4v) is 2.95. The minimum Gasteiger partial charge on any atom is -0.352 e. The molecule has 1 saturated heterocycles. The zero-order chi connectivity index (χ0) is 16.9. The van der Waals surface area contributed by atoms with Gasteiger partial charge in [0.25, 0.3) is 0 Å². The van der Waals surface area contributed by atoms with Crippen LogP contribution < -0.4 is 10.6 Å². The Hall–Kier alpha value is -1.92. The summed E-state index contributed by atoms with van der Waals surface area (Å²) < 4.78 is 0. The summed E-state index contributed by atoms with van der Waals surface area (Å²) in [5, 5.41) is 5.97. The monoisotopic (exact) mass is 330 g/mol. The predicted octanol–water partition coefficient (Wildman–Crippen LogP) is 0.910. The topological polar surface area (TPSA) is 64.7 Å². The molecular formula is C18H26N4O2. The van der Waals surface area contributed by atoms with Gasteiger partial charge in [0.2, 0.25) is 11.8 Å². The highest BCUT2D eigenvalue weighted by Crippen LogP contribution is 2.18. The van der Waals surface area contributed by atoms with Gasteiger partial charge in [-0.2, -0.15) is 0 Å². The molecule has 0 bridgehead atoms. The van der Waals surface area contributed by atoms with E-state index in [1.165, 1.54) is 0 Å². The van der Waals surface area contributed by atoms with Crippen LogP contribution in [0.5, 0.6) is 0 Å². The first-order valence-corrected chi connectivity index (χ1v) is 8.73. The van der Waals surface area contributed by atoms with Crippen LogP contribution in [0.15, 0.2) is 30.3 Å². The second-order valence-corrected chi connectivity index (χ2v) is 6.69. The third-order valence-corrected chi connectivity index (χ3v) is 4.69. The smallest absolute Gasteiger partial charge is 0.241 e. The van der Waals surface area contributed by atoms with Crippen molar-refractivity contribution in [3.05, 3.63) is 30.3 Å². The SMILES string of the molecule is C[C@@H](C(=O)Nc1ccccc1)N1CCN(CC(=O)NC2CC2)CC1. The molecule has 3 rings (SSSR count). The normalized spacial score (nSPS) is 20.4. The van der Waals surface area contributed by atoms with E-state index in [2.05, 4.69) is 20.4 Å². The van der Waals surface area contributed by atoms with Gasteiger partial charge in [-0.15, -0.1) is 0 Å². The Morgan fingerprint density at radius 1 is 1.12 bits per heavy atom. The minimum atomic E-state index is -0.173. The summed E-state index contributed by atoms with van der Waals surface area (Å²) in [6.45, 7) is 5.66. The number of carbonyl (C=O) groups excluding carboxylic acids is 2. The van der Waals surface area contributed by atoms with Crippen molar-refractivity contribution in [2.45, 2.75) is 31.8 Å². The van der Waals surface area contributed by atoms with E-state index in [0.717, 1.165) is 44.7 Å². The molecule has 1 heterocycles. The number of carbonyl (C=O) groups is 2. The van der Waals surface area contributed by atoms with E-state index in [0.29, 0.717) is 12.6 Å². The van der Waals surface area contributed by atoms with Gasteiger partial charge in [0.05, 0.1) is 12.6 Å². The number of benzene rings is 1. The zero-order valence-corrected chi connectivity index (χ0v) is 14.2. The standard InChI is InChI=1S/C18H26N4O2/c1-14(18(24)20-15-5-3-2-4-6-15)22-11-9-21(10-12-22)13-17(23)19-16-7-8-16/h2-6,14,16H,7-13H2,1H3,(H,19,23)(H,20,24)/t14-/m0/s1. The molecule has 1 aromatic carbocycles. The van der Waals surface area contributed by atoms with Gasteiger partial charge in [0.1, 0.15) is 0 Å². The van der Waals surface area contributed by atoms with Gasteiger partial charge < -0.3 is 10.6 Å². The van der Waals surface area contributed by atoms with Crippen LogP contribution in [0.3, 0.4) is 0 Å². The summed E-state index contributed by atoms with van der Waals surface area (Å²) in [6, 6.07) is 9.77. The van der Waals surface area contributed by atoms with Crippen LogP contribution in [0.4, 0.5) is 5.69 Å². The van der Waals surface area contributed by atoms with Crippen molar-refractivity contribution in [1.82, 2.24) is 15.1 Å². The number of rotatable bonds is 6. The van der Waals surface area contributed by atoms with Crippen molar-refractivity contribution < 1.29 is 9.59 Å². The Balaban J connectivity index is 1.41. The first kappa shape index (κ1) is 16.9. The molecule has 1 atom stereocenters. The Morgan fingerprint density at radius 3 is 2.42 bits per heavy atom. The molecule has 0 aromatic heterocycles. The van der Waals surface area contributed by atoms with Gasteiger partial charge in [0, 0.05) is 37.9 Å². The largest absolute Gasteiger partial charge is 0.352 e. The lowest BCUT2D eigenvalue weighted by Crippen LogP contribution is -2.54. The summed E-state index contributed by atoms with van der Waals surface area (Å²) in [6.07, 6.45) is 2.24. The molecule has 6 heteroatoms. The highest BCUT2D eigenvalue weighted by molar-refractivity contribution is 5.94. The molecule has 1 aliphatic carbocycles. The second-order valence-electron chi connectivity index (χ2n) is 6.69. The number of para-hydroxylation sites is 1. The fraction of sp³-hybridized carbons (Fsp3) is 0.556. The average molecular weight is 330 g/mol. The van der Waals surface area contributed by atoms with Crippen molar-refractivity contribution in [2.24, 2.45) is 0 Å².